The van der Waals surface area contributed by atoms with Crippen molar-refractivity contribution in [3.63, 3.8) is 0 Å². The highest BCUT2D eigenvalue weighted by Gasteiger charge is 2.40. The molecule has 158 valence electrons. The summed E-state index contributed by atoms with van der Waals surface area (Å²) in [5, 5.41) is 3.79. The van der Waals surface area contributed by atoms with Crippen molar-refractivity contribution in [3.05, 3.63) is 65.2 Å². The fourth-order valence-electron chi connectivity index (χ4n) is 5.50. The van der Waals surface area contributed by atoms with Crippen LogP contribution in [0.2, 0.25) is 0 Å². The van der Waals surface area contributed by atoms with Gasteiger partial charge in [0, 0.05) is 31.5 Å². The molecule has 5 rings (SSSR count). The molecule has 4 nitrogen and oxygen atoms in total. The zero-order valence-electron chi connectivity index (χ0n) is 17.7. The lowest BCUT2D eigenvalue weighted by Crippen LogP contribution is -2.41. The van der Waals surface area contributed by atoms with E-state index in [1.807, 2.05) is 0 Å². The average molecular weight is 405 g/mol. The van der Waals surface area contributed by atoms with Crippen LogP contribution in [0, 0.1) is 5.92 Å². The molecule has 0 aromatic heterocycles. The quantitative estimate of drug-likeness (QED) is 0.790. The third-order valence-electron chi connectivity index (χ3n) is 7.10. The number of ether oxygens (including phenoxy) is 1. The molecule has 0 bridgehead atoms. The topological polar surface area (TPSA) is 41.6 Å². The first-order valence-corrected chi connectivity index (χ1v) is 11.6. The summed E-state index contributed by atoms with van der Waals surface area (Å²) in [5.74, 6) is 1.63. The molecule has 1 saturated heterocycles. The molecule has 0 radical (unpaired) electrons. The Labute approximate surface area is 179 Å². The predicted octanol–water partition coefficient (Wildman–Crippen LogP) is 4.63. The maximum Gasteiger partial charge on any atom is 0.226 e. The molecule has 1 amide bonds. The van der Waals surface area contributed by atoms with Gasteiger partial charge in [-0.25, -0.2) is 0 Å². The molecule has 4 heteroatoms. The van der Waals surface area contributed by atoms with Gasteiger partial charge in [-0.3, -0.25) is 4.79 Å². The molecule has 2 unspecified atom stereocenters. The lowest BCUT2D eigenvalue weighted by atomic mass is 9.87. The van der Waals surface area contributed by atoms with Gasteiger partial charge in [0.2, 0.25) is 5.91 Å². The second-order valence-corrected chi connectivity index (χ2v) is 9.04. The van der Waals surface area contributed by atoms with Crippen LogP contribution in [-0.2, 0) is 17.8 Å². The smallest absolute Gasteiger partial charge is 0.226 e. The number of nitrogens with zero attached hydrogens (tertiary/aromatic N) is 1. The first-order valence-electron chi connectivity index (χ1n) is 11.6. The van der Waals surface area contributed by atoms with Crippen molar-refractivity contribution in [2.24, 2.45) is 5.92 Å². The van der Waals surface area contributed by atoms with Crippen molar-refractivity contribution >= 4 is 5.91 Å². The first kappa shape index (κ1) is 19.6. The van der Waals surface area contributed by atoms with Crippen LogP contribution in [0.15, 0.2) is 48.5 Å². The van der Waals surface area contributed by atoms with E-state index in [9.17, 15) is 4.79 Å². The van der Waals surface area contributed by atoms with Gasteiger partial charge in [0.05, 0.1) is 12.6 Å². The minimum atomic E-state index is 0.124. The third kappa shape index (κ3) is 3.98. The molecule has 1 N–H and O–H groups in total. The van der Waals surface area contributed by atoms with E-state index in [4.69, 9.17) is 4.74 Å². The fraction of sp³-hybridized carbons (Fsp3) is 0.500. The van der Waals surface area contributed by atoms with Gasteiger partial charge in [-0.2, -0.15) is 0 Å². The van der Waals surface area contributed by atoms with E-state index in [0.717, 1.165) is 51.1 Å². The summed E-state index contributed by atoms with van der Waals surface area (Å²) in [6.45, 7) is 2.47. The van der Waals surface area contributed by atoms with E-state index in [2.05, 4.69) is 58.7 Å². The Morgan fingerprint density at radius 3 is 2.70 bits per heavy atom. The molecule has 1 aliphatic carbocycles. The van der Waals surface area contributed by atoms with Crippen molar-refractivity contribution in [2.45, 2.75) is 63.6 Å². The number of likely N-dealkylation sites (tertiary alicyclic amines) is 1. The van der Waals surface area contributed by atoms with Crippen LogP contribution in [0.25, 0.3) is 0 Å². The summed E-state index contributed by atoms with van der Waals surface area (Å²) in [4.78, 5) is 15.6. The number of hydrogen-bond donors (Lipinski definition) is 1. The maximum absolute atomic E-state index is 13.4. The molecule has 3 aliphatic rings. The Bertz CT molecular complexity index is 876. The van der Waals surface area contributed by atoms with Crippen molar-refractivity contribution in [3.8, 4) is 5.75 Å². The Morgan fingerprint density at radius 2 is 1.87 bits per heavy atom. The van der Waals surface area contributed by atoms with Gasteiger partial charge in [0.15, 0.2) is 0 Å². The summed E-state index contributed by atoms with van der Waals surface area (Å²) in [7, 11) is 0. The van der Waals surface area contributed by atoms with Gasteiger partial charge in [0.25, 0.3) is 0 Å². The van der Waals surface area contributed by atoms with Crippen LogP contribution in [0.1, 0.15) is 61.3 Å². The number of fused-ring (bicyclic) bond motifs is 1. The minimum absolute atomic E-state index is 0.124. The molecule has 2 aromatic rings. The van der Waals surface area contributed by atoms with Crippen LogP contribution in [-0.4, -0.2) is 30.0 Å². The Morgan fingerprint density at radius 1 is 1.03 bits per heavy atom. The van der Waals surface area contributed by atoms with Crippen LogP contribution in [0.5, 0.6) is 5.75 Å². The number of carbonyl (C=O) groups is 1. The molecule has 2 heterocycles. The third-order valence-corrected chi connectivity index (χ3v) is 7.10. The standard InChI is InChI=1S/C26H32N2O2/c29-26(21-9-5-2-6-10-21)28-15-13-23(25(28)20-7-3-1-4-8-20)27-18-19-11-12-24-22(17-19)14-16-30-24/h1,3-4,7-8,11-12,17,21,23,25,27H,2,5-6,9-10,13-16,18H2. The molecule has 1 saturated carbocycles. The lowest BCUT2D eigenvalue weighted by molar-refractivity contribution is -0.137. The second kappa shape index (κ2) is 8.81. The maximum atomic E-state index is 13.4. The molecule has 2 aliphatic heterocycles. The zero-order chi connectivity index (χ0) is 20.3. The summed E-state index contributed by atoms with van der Waals surface area (Å²) in [6, 6.07) is 17.5. The largest absolute Gasteiger partial charge is 0.493 e. The summed E-state index contributed by atoms with van der Waals surface area (Å²) < 4.78 is 5.64. The molecular weight excluding hydrogens is 372 g/mol. The fourth-order valence-corrected chi connectivity index (χ4v) is 5.50. The lowest BCUT2D eigenvalue weighted by Gasteiger charge is -2.33. The monoisotopic (exact) mass is 404 g/mol. The van der Waals surface area contributed by atoms with Crippen LogP contribution < -0.4 is 10.1 Å². The summed E-state index contributed by atoms with van der Waals surface area (Å²) >= 11 is 0. The normalized spacial score (nSPS) is 23.9. The van der Waals surface area contributed by atoms with Crippen molar-refractivity contribution < 1.29 is 9.53 Å². The highest BCUT2D eigenvalue weighted by atomic mass is 16.5. The molecular formula is C26H32N2O2. The highest BCUT2D eigenvalue weighted by molar-refractivity contribution is 5.80. The van der Waals surface area contributed by atoms with Gasteiger partial charge in [-0.1, -0.05) is 61.7 Å². The van der Waals surface area contributed by atoms with Gasteiger partial charge in [-0.05, 0) is 42.0 Å². The second-order valence-electron chi connectivity index (χ2n) is 9.04. The predicted molar refractivity (Wildman–Crippen MR) is 118 cm³/mol. The van der Waals surface area contributed by atoms with Crippen LogP contribution in [0.3, 0.4) is 0 Å². The van der Waals surface area contributed by atoms with Gasteiger partial charge in [0.1, 0.15) is 5.75 Å². The van der Waals surface area contributed by atoms with E-state index >= 15 is 0 Å². The zero-order valence-corrected chi connectivity index (χ0v) is 17.7. The number of carbonyl (C=O) groups excluding carboxylic acids is 1. The Kier molecular flexibility index (Phi) is 5.76. The van der Waals surface area contributed by atoms with Crippen molar-refractivity contribution in [2.75, 3.05) is 13.2 Å². The minimum Gasteiger partial charge on any atom is -0.493 e. The molecule has 2 fully saturated rings. The molecule has 30 heavy (non-hydrogen) atoms. The van der Waals surface area contributed by atoms with Crippen LogP contribution in [0.4, 0.5) is 0 Å². The highest BCUT2D eigenvalue weighted by Crippen LogP contribution is 2.36. The van der Waals surface area contributed by atoms with Crippen molar-refractivity contribution in [1.29, 1.82) is 0 Å². The van der Waals surface area contributed by atoms with E-state index in [1.165, 1.54) is 36.0 Å². The summed E-state index contributed by atoms with van der Waals surface area (Å²) in [6.07, 6.45) is 7.81. The van der Waals surface area contributed by atoms with Gasteiger partial charge < -0.3 is 15.0 Å². The van der Waals surface area contributed by atoms with E-state index < -0.39 is 0 Å². The van der Waals surface area contributed by atoms with E-state index in [-0.39, 0.29) is 18.0 Å². The number of amides is 1. The molecule has 0 spiro atoms. The molecule has 2 atom stereocenters. The van der Waals surface area contributed by atoms with Crippen LogP contribution >= 0.6 is 0 Å². The number of benzene rings is 2. The van der Waals surface area contributed by atoms with Crippen molar-refractivity contribution in [1.82, 2.24) is 10.2 Å². The molecule has 2 aromatic carbocycles. The number of rotatable bonds is 5. The van der Waals surface area contributed by atoms with Gasteiger partial charge in [-0.15, -0.1) is 0 Å². The first-order chi connectivity index (χ1) is 14.8. The number of hydrogen-bond acceptors (Lipinski definition) is 3. The Balaban J connectivity index is 1.32. The van der Waals surface area contributed by atoms with E-state index in [0.29, 0.717) is 5.91 Å². The summed E-state index contributed by atoms with van der Waals surface area (Å²) in [5.41, 5.74) is 3.86. The average Bonchev–Trinajstić information content (AvgIpc) is 3.45. The van der Waals surface area contributed by atoms with Gasteiger partial charge >= 0.3 is 0 Å². The number of nitrogens with one attached hydrogen (secondary N) is 1. The Hall–Kier alpha value is -2.33. The van der Waals surface area contributed by atoms with E-state index in [1.54, 1.807) is 0 Å². The SMILES string of the molecule is O=C(C1CCCCC1)N1CCC(NCc2ccc3c(c2)CCO3)C1c1ccccc1.